The van der Waals surface area contributed by atoms with Gasteiger partial charge in [0, 0.05) is 13.1 Å². The predicted molar refractivity (Wildman–Crippen MR) is 79.5 cm³/mol. The van der Waals surface area contributed by atoms with E-state index in [-0.39, 0.29) is 17.9 Å². The molecule has 2 atom stereocenters. The number of nitrogens with zero attached hydrogens (tertiary/aromatic N) is 1. The molecular weight excluding hydrogens is 252 g/mol. The maximum atomic E-state index is 12.0. The fourth-order valence-electron chi connectivity index (χ4n) is 3.00. The highest BCUT2D eigenvalue weighted by Gasteiger charge is 2.30. The monoisotopic (exact) mass is 272 g/mol. The van der Waals surface area contributed by atoms with Crippen molar-refractivity contribution in [3.8, 4) is 0 Å². The highest BCUT2D eigenvalue weighted by atomic mass is 16.1. The third-order valence-corrected chi connectivity index (χ3v) is 4.06. The molecule has 2 aromatic rings. The van der Waals surface area contributed by atoms with Gasteiger partial charge in [-0.2, -0.15) is 0 Å². The van der Waals surface area contributed by atoms with Crippen LogP contribution in [0.2, 0.25) is 0 Å². The van der Waals surface area contributed by atoms with Crippen LogP contribution in [0.25, 0.3) is 11.0 Å². The SMILES string of the molecule is CNC(=O)C1CCCCC1Nc1nc2ccccc2[nH]1. The Labute approximate surface area is 118 Å². The largest absolute Gasteiger partial charge is 0.359 e. The van der Waals surface area contributed by atoms with Gasteiger partial charge in [0.05, 0.1) is 17.0 Å². The van der Waals surface area contributed by atoms with Crippen molar-refractivity contribution >= 4 is 22.9 Å². The molecule has 20 heavy (non-hydrogen) atoms. The number of nitrogens with one attached hydrogen (secondary N) is 3. The molecule has 1 heterocycles. The molecule has 1 saturated carbocycles. The summed E-state index contributed by atoms with van der Waals surface area (Å²) >= 11 is 0. The maximum Gasteiger partial charge on any atom is 0.224 e. The second-order valence-electron chi connectivity index (χ2n) is 5.36. The number of aromatic amines is 1. The molecule has 0 spiro atoms. The predicted octanol–water partition coefficient (Wildman–Crippen LogP) is 2.28. The number of carbonyl (C=O) groups excluding carboxylic acids is 1. The third-order valence-electron chi connectivity index (χ3n) is 4.06. The fourth-order valence-corrected chi connectivity index (χ4v) is 3.00. The maximum absolute atomic E-state index is 12.0. The zero-order chi connectivity index (χ0) is 13.9. The van der Waals surface area contributed by atoms with E-state index >= 15 is 0 Å². The van der Waals surface area contributed by atoms with Crippen LogP contribution in [0, 0.1) is 5.92 Å². The summed E-state index contributed by atoms with van der Waals surface area (Å²) < 4.78 is 0. The van der Waals surface area contributed by atoms with Crippen molar-refractivity contribution in [3.63, 3.8) is 0 Å². The number of fused-ring (bicyclic) bond motifs is 1. The summed E-state index contributed by atoms with van der Waals surface area (Å²) in [6.07, 6.45) is 4.23. The van der Waals surface area contributed by atoms with Gasteiger partial charge in [0.25, 0.3) is 0 Å². The van der Waals surface area contributed by atoms with Crippen LogP contribution < -0.4 is 10.6 Å². The first-order chi connectivity index (χ1) is 9.78. The van der Waals surface area contributed by atoms with Gasteiger partial charge >= 0.3 is 0 Å². The van der Waals surface area contributed by atoms with Crippen LogP contribution in [0.3, 0.4) is 0 Å². The zero-order valence-electron chi connectivity index (χ0n) is 11.6. The van der Waals surface area contributed by atoms with Crippen LogP contribution in [0.1, 0.15) is 25.7 Å². The molecule has 2 unspecified atom stereocenters. The van der Waals surface area contributed by atoms with E-state index in [2.05, 4.69) is 20.6 Å². The van der Waals surface area contributed by atoms with Crippen LogP contribution in [-0.4, -0.2) is 29.0 Å². The van der Waals surface area contributed by atoms with E-state index in [0.717, 1.165) is 42.7 Å². The minimum Gasteiger partial charge on any atom is -0.359 e. The summed E-state index contributed by atoms with van der Waals surface area (Å²) in [5, 5.41) is 6.18. The summed E-state index contributed by atoms with van der Waals surface area (Å²) in [5.74, 6) is 0.910. The number of H-pyrrole nitrogens is 1. The zero-order valence-corrected chi connectivity index (χ0v) is 11.6. The van der Waals surface area contributed by atoms with Crippen molar-refractivity contribution in [3.05, 3.63) is 24.3 Å². The molecule has 0 radical (unpaired) electrons. The summed E-state index contributed by atoms with van der Waals surface area (Å²) in [4.78, 5) is 19.8. The molecule has 1 aromatic carbocycles. The van der Waals surface area contributed by atoms with Gasteiger partial charge in [-0.05, 0) is 25.0 Å². The minimum absolute atomic E-state index is 0.0296. The van der Waals surface area contributed by atoms with E-state index in [1.165, 1.54) is 0 Å². The smallest absolute Gasteiger partial charge is 0.224 e. The van der Waals surface area contributed by atoms with Gasteiger partial charge in [0.2, 0.25) is 11.9 Å². The second-order valence-corrected chi connectivity index (χ2v) is 5.36. The summed E-state index contributed by atoms with van der Waals surface area (Å²) in [6.45, 7) is 0. The lowest BCUT2D eigenvalue weighted by Gasteiger charge is -2.30. The van der Waals surface area contributed by atoms with Crippen molar-refractivity contribution in [2.24, 2.45) is 5.92 Å². The van der Waals surface area contributed by atoms with Crippen LogP contribution in [-0.2, 0) is 4.79 Å². The van der Waals surface area contributed by atoms with Gasteiger partial charge in [-0.1, -0.05) is 25.0 Å². The number of rotatable bonds is 3. The molecule has 1 aromatic heterocycles. The lowest BCUT2D eigenvalue weighted by Crippen LogP contribution is -2.42. The van der Waals surface area contributed by atoms with Gasteiger partial charge in [0.15, 0.2) is 0 Å². The van der Waals surface area contributed by atoms with Crippen LogP contribution in [0.5, 0.6) is 0 Å². The molecule has 5 heteroatoms. The van der Waals surface area contributed by atoms with E-state index < -0.39 is 0 Å². The topological polar surface area (TPSA) is 69.8 Å². The standard InChI is InChI=1S/C15H20N4O/c1-16-14(20)10-6-2-3-7-11(10)17-15-18-12-8-4-5-9-13(12)19-15/h4-5,8-11H,2-3,6-7H2,1H3,(H,16,20)(H2,17,18,19). The molecule has 1 fully saturated rings. The lowest BCUT2D eigenvalue weighted by molar-refractivity contribution is -0.125. The second kappa shape index (κ2) is 5.53. The third kappa shape index (κ3) is 2.48. The average molecular weight is 272 g/mol. The normalized spacial score (nSPS) is 22.6. The van der Waals surface area contributed by atoms with E-state index in [0.29, 0.717) is 0 Å². The Hall–Kier alpha value is -2.04. The number of carbonyl (C=O) groups is 1. The Bertz CT molecular complexity index is 574. The van der Waals surface area contributed by atoms with Crippen LogP contribution in [0.15, 0.2) is 24.3 Å². The van der Waals surface area contributed by atoms with Gasteiger partial charge in [-0.3, -0.25) is 4.79 Å². The molecular formula is C15H20N4O. The van der Waals surface area contributed by atoms with Crippen molar-refractivity contribution in [1.82, 2.24) is 15.3 Å². The number of hydrogen-bond donors (Lipinski definition) is 3. The Balaban J connectivity index is 1.79. The molecule has 3 N–H and O–H groups in total. The van der Waals surface area contributed by atoms with Crippen LogP contribution >= 0.6 is 0 Å². The highest BCUT2D eigenvalue weighted by Crippen LogP contribution is 2.27. The van der Waals surface area contributed by atoms with E-state index in [4.69, 9.17) is 0 Å². The number of anilines is 1. The van der Waals surface area contributed by atoms with Gasteiger partial charge < -0.3 is 15.6 Å². The first-order valence-corrected chi connectivity index (χ1v) is 7.21. The van der Waals surface area contributed by atoms with E-state index in [1.807, 2.05) is 24.3 Å². The van der Waals surface area contributed by atoms with Crippen molar-refractivity contribution in [1.29, 1.82) is 0 Å². The number of hydrogen-bond acceptors (Lipinski definition) is 3. The number of aromatic nitrogens is 2. The van der Waals surface area contributed by atoms with Crippen molar-refractivity contribution in [2.45, 2.75) is 31.7 Å². The first kappa shape index (κ1) is 13.0. The first-order valence-electron chi connectivity index (χ1n) is 7.21. The number of benzene rings is 1. The van der Waals surface area contributed by atoms with Crippen molar-refractivity contribution < 1.29 is 4.79 Å². The Morgan fingerprint density at radius 3 is 2.90 bits per heavy atom. The molecule has 1 aliphatic carbocycles. The minimum atomic E-state index is 0.0296. The van der Waals surface area contributed by atoms with Crippen LogP contribution in [0.4, 0.5) is 5.95 Å². The molecule has 106 valence electrons. The molecule has 0 saturated heterocycles. The van der Waals surface area contributed by atoms with Gasteiger partial charge in [-0.25, -0.2) is 4.98 Å². The Kier molecular flexibility index (Phi) is 3.58. The van der Waals surface area contributed by atoms with E-state index in [1.54, 1.807) is 7.05 Å². The summed E-state index contributed by atoms with van der Waals surface area (Å²) in [6, 6.07) is 8.10. The quantitative estimate of drug-likeness (QED) is 0.803. The van der Waals surface area contributed by atoms with Gasteiger partial charge in [-0.15, -0.1) is 0 Å². The number of amides is 1. The average Bonchev–Trinajstić information content (AvgIpc) is 2.89. The fraction of sp³-hybridized carbons (Fsp3) is 0.467. The Morgan fingerprint density at radius 1 is 1.30 bits per heavy atom. The number of imidazole rings is 1. The van der Waals surface area contributed by atoms with E-state index in [9.17, 15) is 4.79 Å². The molecule has 0 aliphatic heterocycles. The molecule has 0 bridgehead atoms. The van der Waals surface area contributed by atoms with Crippen molar-refractivity contribution in [2.75, 3.05) is 12.4 Å². The molecule has 1 aliphatic rings. The lowest BCUT2D eigenvalue weighted by atomic mass is 9.84. The number of para-hydroxylation sites is 2. The van der Waals surface area contributed by atoms with Gasteiger partial charge in [0.1, 0.15) is 0 Å². The Morgan fingerprint density at radius 2 is 2.10 bits per heavy atom. The summed E-state index contributed by atoms with van der Waals surface area (Å²) in [7, 11) is 1.70. The molecule has 3 rings (SSSR count). The molecule has 1 amide bonds. The summed E-state index contributed by atoms with van der Waals surface area (Å²) in [5.41, 5.74) is 1.96. The highest BCUT2D eigenvalue weighted by molar-refractivity contribution is 5.80. The molecule has 5 nitrogen and oxygen atoms in total.